The molecule has 1 aromatic carbocycles. The minimum absolute atomic E-state index is 0.311. The topological polar surface area (TPSA) is 49.8 Å². The molecule has 1 aromatic rings. The molecule has 2 rings (SSSR count). The van der Waals surface area contributed by atoms with Crippen molar-refractivity contribution < 1.29 is 19.0 Å². The van der Waals surface area contributed by atoms with Crippen LogP contribution in [0.5, 0.6) is 5.75 Å². The smallest absolute Gasteiger partial charge is 0.310 e. The van der Waals surface area contributed by atoms with Crippen molar-refractivity contribution in [2.75, 3.05) is 20.2 Å². The van der Waals surface area contributed by atoms with Gasteiger partial charge in [0.05, 0.1) is 12.5 Å². The molecule has 0 amide bonds. The molecular formula is C15H20FNO3. The molecule has 1 saturated heterocycles. The van der Waals surface area contributed by atoms with Crippen LogP contribution in [0.2, 0.25) is 0 Å². The van der Waals surface area contributed by atoms with Gasteiger partial charge in [-0.15, -0.1) is 0 Å². The second-order valence-electron chi connectivity index (χ2n) is 5.36. The van der Waals surface area contributed by atoms with E-state index >= 15 is 0 Å². The fourth-order valence-corrected chi connectivity index (χ4v) is 2.73. The Kier molecular flexibility index (Phi) is 4.28. The van der Waals surface area contributed by atoms with Crippen LogP contribution in [-0.2, 0) is 11.3 Å². The van der Waals surface area contributed by atoms with Crippen LogP contribution in [0.1, 0.15) is 25.3 Å². The summed E-state index contributed by atoms with van der Waals surface area (Å²) in [6, 6.07) is 4.77. The first-order valence-electron chi connectivity index (χ1n) is 6.79. The number of benzene rings is 1. The molecule has 20 heavy (non-hydrogen) atoms. The molecule has 0 spiro atoms. The van der Waals surface area contributed by atoms with Crippen LogP contribution in [0, 0.1) is 11.2 Å². The lowest BCUT2D eigenvalue weighted by molar-refractivity contribution is -0.148. The quantitative estimate of drug-likeness (QED) is 0.901. The van der Waals surface area contributed by atoms with Crippen molar-refractivity contribution >= 4 is 5.97 Å². The number of likely N-dealkylation sites (tertiary alicyclic amines) is 1. The molecule has 0 radical (unpaired) electrons. The number of rotatable bonds is 5. The summed E-state index contributed by atoms with van der Waals surface area (Å²) in [4.78, 5) is 13.4. The van der Waals surface area contributed by atoms with Crippen LogP contribution in [0.15, 0.2) is 18.2 Å². The Morgan fingerprint density at radius 2 is 2.30 bits per heavy atom. The zero-order valence-electron chi connectivity index (χ0n) is 11.9. The second kappa shape index (κ2) is 5.79. The summed E-state index contributed by atoms with van der Waals surface area (Å²) in [5, 5.41) is 9.35. The zero-order chi connectivity index (χ0) is 14.8. The Morgan fingerprint density at radius 3 is 2.80 bits per heavy atom. The fourth-order valence-electron chi connectivity index (χ4n) is 2.73. The molecule has 0 saturated carbocycles. The number of hydrogen-bond acceptors (Lipinski definition) is 3. The summed E-state index contributed by atoms with van der Waals surface area (Å²) < 4.78 is 18.9. The molecule has 1 N–H and O–H groups in total. The number of methoxy groups -OCH3 is 1. The van der Waals surface area contributed by atoms with Crippen LogP contribution >= 0.6 is 0 Å². The van der Waals surface area contributed by atoms with Gasteiger partial charge in [0.1, 0.15) is 11.6 Å². The number of ether oxygens (including phenoxy) is 1. The number of hydrogen-bond donors (Lipinski definition) is 1. The molecule has 1 aliphatic rings. The lowest BCUT2D eigenvalue weighted by Crippen LogP contribution is -2.34. The van der Waals surface area contributed by atoms with Gasteiger partial charge in [-0.3, -0.25) is 9.69 Å². The molecule has 1 atom stereocenters. The van der Waals surface area contributed by atoms with E-state index in [0.29, 0.717) is 43.8 Å². The van der Waals surface area contributed by atoms with E-state index in [-0.39, 0.29) is 5.82 Å². The van der Waals surface area contributed by atoms with Crippen molar-refractivity contribution in [2.24, 2.45) is 5.41 Å². The number of carboxylic acid groups (broad SMARTS) is 1. The lowest BCUT2D eigenvalue weighted by atomic mass is 9.84. The van der Waals surface area contributed by atoms with E-state index in [1.807, 2.05) is 11.8 Å². The molecule has 0 aromatic heterocycles. The van der Waals surface area contributed by atoms with Gasteiger partial charge < -0.3 is 9.84 Å². The van der Waals surface area contributed by atoms with E-state index in [0.717, 1.165) is 0 Å². The van der Waals surface area contributed by atoms with Gasteiger partial charge in [0.25, 0.3) is 0 Å². The standard InChI is InChI=1S/C15H20FNO3/c1-3-15(14(18)19)6-7-17(10-15)9-11-4-5-12(20-2)8-13(11)16/h4-5,8H,3,6-7,9-10H2,1-2H3,(H,18,19). The largest absolute Gasteiger partial charge is 0.497 e. The summed E-state index contributed by atoms with van der Waals surface area (Å²) >= 11 is 0. The van der Waals surface area contributed by atoms with Crippen molar-refractivity contribution in [3.05, 3.63) is 29.6 Å². The van der Waals surface area contributed by atoms with Gasteiger partial charge in [-0.2, -0.15) is 0 Å². The maximum atomic E-state index is 13.9. The van der Waals surface area contributed by atoms with Crippen molar-refractivity contribution in [2.45, 2.75) is 26.3 Å². The van der Waals surface area contributed by atoms with Gasteiger partial charge in [0.2, 0.25) is 0 Å². The highest BCUT2D eigenvalue weighted by molar-refractivity contribution is 5.75. The van der Waals surface area contributed by atoms with E-state index in [2.05, 4.69) is 0 Å². The first kappa shape index (κ1) is 14.8. The third kappa shape index (κ3) is 2.77. The van der Waals surface area contributed by atoms with E-state index in [4.69, 9.17) is 4.74 Å². The van der Waals surface area contributed by atoms with E-state index in [1.54, 1.807) is 12.1 Å². The highest BCUT2D eigenvalue weighted by Gasteiger charge is 2.43. The zero-order valence-corrected chi connectivity index (χ0v) is 11.9. The number of carbonyl (C=O) groups is 1. The number of carboxylic acids is 1. The molecule has 1 aliphatic heterocycles. The van der Waals surface area contributed by atoms with Crippen molar-refractivity contribution in [3.63, 3.8) is 0 Å². The minimum Gasteiger partial charge on any atom is -0.497 e. The molecule has 5 heteroatoms. The van der Waals surface area contributed by atoms with Gasteiger partial charge in [-0.05, 0) is 25.5 Å². The number of halogens is 1. The summed E-state index contributed by atoms with van der Waals surface area (Å²) in [5.74, 6) is -0.576. The lowest BCUT2D eigenvalue weighted by Gasteiger charge is -2.23. The van der Waals surface area contributed by atoms with Gasteiger partial charge in [0, 0.05) is 24.7 Å². The Labute approximate surface area is 118 Å². The molecule has 1 heterocycles. The Balaban J connectivity index is 2.07. The van der Waals surface area contributed by atoms with Crippen molar-refractivity contribution in [3.8, 4) is 5.75 Å². The van der Waals surface area contributed by atoms with Gasteiger partial charge in [-0.25, -0.2) is 4.39 Å². The third-order valence-corrected chi connectivity index (χ3v) is 4.22. The highest BCUT2D eigenvalue weighted by Crippen LogP contribution is 2.35. The molecule has 0 aliphatic carbocycles. The van der Waals surface area contributed by atoms with Gasteiger partial charge >= 0.3 is 5.97 Å². The molecule has 110 valence electrons. The van der Waals surface area contributed by atoms with Crippen LogP contribution in [-0.4, -0.2) is 36.2 Å². The van der Waals surface area contributed by atoms with Crippen LogP contribution in [0.3, 0.4) is 0 Å². The average molecular weight is 281 g/mol. The predicted molar refractivity (Wildman–Crippen MR) is 73.2 cm³/mol. The maximum Gasteiger partial charge on any atom is 0.310 e. The van der Waals surface area contributed by atoms with Gasteiger partial charge in [0.15, 0.2) is 0 Å². The SMILES string of the molecule is CCC1(C(=O)O)CCN(Cc2ccc(OC)cc2F)C1. The van der Waals surface area contributed by atoms with Crippen LogP contribution < -0.4 is 4.74 Å². The van der Waals surface area contributed by atoms with Crippen molar-refractivity contribution in [1.29, 1.82) is 0 Å². The minimum atomic E-state index is -0.752. The van der Waals surface area contributed by atoms with E-state index in [9.17, 15) is 14.3 Å². The van der Waals surface area contributed by atoms with Crippen LogP contribution in [0.25, 0.3) is 0 Å². The molecule has 1 unspecified atom stereocenters. The fraction of sp³-hybridized carbons (Fsp3) is 0.533. The molecule has 1 fully saturated rings. The normalized spacial score (nSPS) is 22.9. The summed E-state index contributed by atoms with van der Waals surface area (Å²) in [7, 11) is 1.50. The predicted octanol–water partition coefficient (Wildman–Crippen LogP) is 2.52. The van der Waals surface area contributed by atoms with Crippen LogP contribution in [0.4, 0.5) is 4.39 Å². The average Bonchev–Trinajstić information content (AvgIpc) is 2.86. The summed E-state index contributed by atoms with van der Waals surface area (Å²) in [6.07, 6.45) is 1.22. The van der Waals surface area contributed by atoms with E-state index < -0.39 is 11.4 Å². The monoisotopic (exact) mass is 281 g/mol. The summed E-state index contributed by atoms with van der Waals surface area (Å²) in [6.45, 7) is 3.49. The highest BCUT2D eigenvalue weighted by atomic mass is 19.1. The summed E-state index contributed by atoms with van der Waals surface area (Å²) in [5.41, 5.74) is -0.105. The molecule has 0 bridgehead atoms. The maximum absolute atomic E-state index is 13.9. The molecule has 4 nitrogen and oxygen atoms in total. The first-order chi connectivity index (χ1) is 9.50. The number of aliphatic carboxylic acids is 1. The van der Waals surface area contributed by atoms with E-state index in [1.165, 1.54) is 13.2 Å². The second-order valence-corrected chi connectivity index (χ2v) is 5.36. The van der Waals surface area contributed by atoms with Crippen molar-refractivity contribution in [1.82, 2.24) is 4.90 Å². The first-order valence-corrected chi connectivity index (χ1v) is 6.79. The Morgan fingerprint density at radius 1 is 1.55 bits per heavy atom. The Bertz CT molecular complexity index is 506. The molecular weight excluding hydrogens is 261 g/mol. The van der Waals surface area contributed by atoms with Gasteiger partial charge in [-0.1, -0.05) is 13.0 Å². The number of nitrogens with zero attached hydrogens (tertiary/aromatic N) is 1. The Hall–Kier alpha value is -1.62. The third-order valence-electron chi connectivity index (χ3n) is 4.22.